The number of halogens is 1. The summed E-state index contributed by atoms with van der Waals surface area (Å²) in [5.41, 5.74) is 1.53. The standard InChI is InChI=1S/C13H15ClN2/c1-13(7-2-3-8-13)16-12-6-4-5-11(14)10(12)9-15/h4-6,16H,2-3,7-8H2,1H3. The van der Waals surface area contributed by atoms with E-state index in [-0.39, 0.29) is 5.54 Å². The molecule has 0 heterocycles. The van der Waals surface area contributed by atoms with Gasteiger partial charge in [0.2, 0.25) is 0 Å². The molecule has 84 valence electrons. The fourth-order valence-corrected chi connectivity index (χ4v) is 2.56. The number of nitriles is 1. The van der Waals surface area contributed by atoms with E-state index in [2.05, 4.69) is 18.3 Å². The van der Waals surface area contributed by atoms with Crippen LogP contribution in [0.3, 0.4) is 0 Å². The summed E-state index contributed by atoms with van der Waals surface area (Å²) in [6, 6.07) is 7.72. The van der Waals surface area contributed by atoms with Crippen LogP contribution in [0.5, 0.6) is 0 Å². The molecule has 0 unspecified atom stereocenters. The Labute approximate surface area is 101 Å². The average molecular weight is 235 g/mol. The van der Waals surface area contributed by atoms with Gasteiger partial charge in [-0.2, -0.15) is 5.26 Å². The second-order valence-corrected chi connectivity index (χ2v) is 5.07. The van der Waals surface area contributed by atoms with Crippen LogP contribution in [0.2, 0.25) is 5.02 Å². The van der Waals surface area contributed by atoms with E-state index in [1.807, 2.05) is 12.1 Å². The van der Waals surface area contributed by atoms with Crippen molar-refractivity contribution in [2.75, 3.05) is 5.32 Å². The molecule has 1 aliphatic rings. The summed E-state index contributed by atoms with van der Waals surface area (Å²) >= 11 is 6.00. The van der Waals surface area contributed by atoms with Gasteiger partial charge in [0.1, 0.15) is 6.07 Å². The maximum absolute atomic E-state index is 9.08. The van der Waals surface area contributed by atoms with Gasteiger partial charge in [0.25, 0.3) is 0 Å². The molecule has 1 aromatic rings. The summed E-state index contributed by atoms with van der Waals surface area (Å²) in [7, 11) is 0. The molecule has 0 atom stereocenters. The van der Waals surface area contributed by atoms with Crippen LogP contribution in [-0.4, -0.2) is 5.54 Å². The summed E-state index contributed by atoms with van der Waals surface area (Å²) < 4.78 is 0. The highest BCUT2D eigenvalue weighted by molar-refractivity contribution is 6.32. The first kappa shape index (κ1) is 11.3. The van der Waals surface area contributed by atoms with Gasteiger partial charge in [-0.25, -0.2) is 0 Å². The number of hydrogen-bond acceptors (Lipinski definition) is 2. The SMILES string of the molecule is CC1(Nc2cccc(Cl)c2C#N)CCCC1. The van der Waals surface area contributed by atoms with Crippen molar-refractivity contribution >= 4 is 17.3 Å². The number of hydrogen-bond donors (Lipinski definition) is 1. The number of anilines is 1. The third-order valence-electron chi connectivity index (χ3n) is 3.27. The first-order valence-corrected chi connectivity index (χ1v) is 5.99. The topological polar surface area (TPSA) is 35.8 Å². The molecule has 0 aliphatic heterocycles. The van der Waals surface area contributed by atoms with Crippen LogP contribution in [0.15, 0.2) is 18.2 Å². The summed E-state index contributed by atoms with van der Waals surface area (Å²) in [4.78, 5) is 0. The molecular weight excluding hydrogens is 220 g/mol. The van der Waals surface area contributed by atoms with Crippen molar-refractivity contribution in [1.82, 2.24) is 0 Å². The molecular formula is C13H15ClN2. The first-order valence-electron chi connectivity index (χ1n) is 5.61. The molecule has 1 aliphatic carbocycles. The predicted molar refractivity (Wildman–Crippen MR) is 66.7 cm³/mol. The Morgan fingerprint density at radius 3 is 2.69 bits per heavy atom. The highest BCUT2D eigenvalue weighted by atomic mass is 35.5. The summed E-state index contributed by atoms with van der Waals surface area (Å²) in [5.74, 6) is 0. The number of benzene rings is 1. The predicted octanol–water partition coefficient (Wildman–Crippen LogP) is 3.96. The van der Waals surface area contributed by atoms with Gasteiger partial charge in [0, 0.05) is 5.54 Å². The monoisotopic (exact) mass is 234 g/mol. The van der Waals surface area contributed by atoms with Crippen molar-refractivity contribution in [2.24, 2.45) is 0 Å². The quantitative estimate of drug-likeness (QED) is 0.841. The molecule has 0 amide bonds. The lowest BCUT2D eigenvalue weighted by molar-refractivity contribution is 0.533. The Kier molecular flexibility index (Phi) is 3.07. The van der Waals surface area contributed by atoms with E-state index in [0.29, 0.717) is 10.6 Å². The van der Waals surface area contributed by atoms with E-state index in [4.69, 9.17) is 16.9 Å². The van der Waals surface area contributed by atoms with Gasteiger partial charge in [0.15, 0.2) is 0 Å². The normalized spacial score (nSPS) is 18.1. The highest BCUT2D eigenvalue weighted by Gasteiger charge is 2.29. The molecule has 2 nitrogen and oxygen atoms in total. The molecule has 0 spiro atoms. The van der Waals surface area contributed by atoms with Crippen LogP contribution in [0, 0.1) is 11.3 Å². The fraction of sp³-hybridized carbons (Fsp3) is 0.462. The average Bonchev–Trinajstić information content (AvgIpc) is 2.65. The molecule has 1 saturated carbocycles. The van der Waals surface area contributed by atoms with Crippen molar-refractivity contribution in [2.45, 2.75) is 38.1 Å². The Balaban J connectivity index is 2.28. The largest absolute Gasteiger partial charge is 0.379 e. The van der Waals surface area contributed by atoms with Gasteiger partial charge < -0.3 is 5.32 Å². The van der Waals surface area contributed by atoms with Crippen molar-refractivity contribution in [3.8, 4) is 6.07 Å². The van der Waals surface area contributed by atoms with Crippen LogP contribution in [0.25, 0.3) is 0 Å². The van der Waals surface area contributed by atoms with Crippen molar-refractivity contribution in [3.63, 3.8) is 0 Å². The molecule has 16 heavy (non-hydrogen) atoms. The van der Waals surface area contributed by atoms with E-state index in [9.17, 15) is 0 Å². The minimum atomic E-state index is 0.121. The van der Waals surface area contributed by atoms with E-state index in [0.717, 1.165) is 18.5 Å². The van der Waals surface area contributed by atoms with E-state index >= 15 is 0 Å². The number of nitrogens with one attached hydrogen (secondary N) is 1. The molecule has 2 rings (SSSR count). The molecule has 1 fully saturated rings. The Morgan fingerprint density at radius 1 is 1.38 bits per heavy atom. The maximum atomic E-state index is 9.08. The van der Waals surface area contributed by atoms with Crippen molar-refractivity contribution in [3.05, 3.63) is 28.8 Å². The second kappa shape index (κ2) is 4.35. The van der Waals surface area contributed by atoms with E-state index in [1.54, 1.807) is 6.07 Å². The van der Waals surface area contributed by atoms with Gasteiger partial charge in [-0.3, -0.25) is 0 Å². The zero-order valence-corrected chi connectivity index (χ0v) is 10.1. The molecule has 1 aromatic carbocycles. The molecule has 3 heteroatoms. The van der Waals surface area contributed by atoms with E-state index < -0.39 is 0 Å². The maximum Gasteiger partial charge on any atom is 0.103 e. The summed E-state index contributed by atoms with van der Waals surface area (Å²) in [5, 5.41) is 13.1. The van der Waals surface area contributed by atoms with Gasteiger partial charge in [0.05, 0.1) is 16.3 Å². The summed E-state index contributed by atoms with van der Waals surface area (Å²) in [6.45, 7) is 2.21. The van der Waals surface area contributed by atoms with Gasteiger partial charge in [-0.15, -0.1) is 0 Å². The molecule has 0 bridgehead atoms. The second-order valence-electron chi connectivity index (χ2n) is 4.67. The van der Waals surface area contributed by atoms with Gasteiger partial charge in [-0.1, -0.05) is 30.5 Å². The third-order valence-corrected chi connectivity index (χ3v) is 3.58. The van der Waals surface area contributed by atoms with Crippen LogP contribution >= 0.6 is 11.6 Å². The number of nitrogens with zero attached hydrogens (tertiary/aromatic N) is 1. The lowest BCUT2D eigenvalue weighted by Gasteiger charge is -2.27. The minimum absolute atomic E-state index is 0.121. The van der Waals surface area contributed by atoms with Crippen molar-refractivity contribution in [1.29, 1.82) is 5.26 Å². The zero-order chi connectivity index (χ0) is 11.6. The van der Waals surface area contributed by atoms with Crippen molar-refractivity contribution < 1.29 is 0 Å². The zero-order valence-electron chi connectivity index (χ0n) is 9.39. The Morgan fingerprint density at radius 2 is 2.06 bits per heavy atom. The van der Waals surface area contributed by atoms with Gasteiger partial charge >= 0.3 is 0 Å². The third kappa shape index (κ3) is 2.15. The van der Waals surface area contributed by atoms with Gasteiger partial charge in [-0.05, 0) is 31.9 Å². The van der Waals surface area contributed by atoms with Crippen LogP contribution in [0.4, 0.5) is 5.69 Å². The highest BCUT2D eigenvalue weighted by Crippen LogP contribution is 2.34. The van der Waals surface area contributed by atoms with Crippen LogP contribution in [0.1, 0.15) is 38.2 Å². The Bertz CT molecular complexity index is 428. The molecule has 0 saturated heterocycles. The minimum Gasteiger partial charge on any atom is -0.379 e. The first-order chi connectivity index (χ1) is 7.64. The smallest absolute Gasteiger partial charge is 0.103 e. The lowest BCUT2D eigenvalue weighted by atomic mass is 9.99. The fourth-order valence-electron chi connectivity index (χ4n) is 2.35. The van der Waals surface area contributed by atoms with Crippen LogP contribution < -0.4 is 5.32 Å². The summed E-state index contributed by atoms with van der Waals surface area (Å²) in [6.07, 6.45) is 4.83. The number of rotatable bonds is 2. The van der Waals surface area contributed by atoms with Crippen LogP contribution in [-0.2, 0) is 0 Å². The molecule has 0 aromatic heterocycles. The lowest BCUT2D eigenvalue weighted by Crippen LogP contribution is -2.31. The van der Waals surface area contributed by atoms with E-state index in [1.165, 1.54) is 12.8 Å². The molecule has 1 N–H and O–H groups in total. The Hall–Kier alpha value is -1.20. The molecule has 0 radical (unpaired) electrons.